The highest BCUT2D eigenvalue weighted by atomic mass is 16.5. The van der Waals surface area contributed by atoms with E-state index in [-0.39, 0.29) is 0 Å². The van der Waals surface area contributed by atoms with E-state index in [0.717, 1.165) is 19.7 Å². The molecule has 0 bridgehead atoms. The molecule has 1 heterocycles. The van der Waals surface area contributed by atoms with Crippen LogP contribution in [-0.4, -0.2) is 50.8 Å². The largest absolute Gasteiger partial charge is 0.378 e. The van der Waals surface area contributed by atoms with Gasteiger partial charge in [0.05, 0.1) is 6.10 Å². The lowest BCUT2D eigenvalue weighted by Crippen LogP contribution is -2.43. The molecule has 0 amide bonds. The Morgan fingerprint density at radius 3 is 2.80 bits per heavy atom. The van der Waals surface area contributed by atoms with E-state index in [0.29, 0.717) is 18.1 Å². The van der Waals surface area contributed by atoms with Crippen molar-refractivity contribution in [2.45, 2.75) is 38.8 Å². The molecule has 0 aromatic rings. The average Bonchev–Trinajstić information content (AvgIpc) is 2.26. The fraction of sp³-hybridized carbons (Fsp3) is 1.00. The molecule has 3 nitrogen and oxygen atoms in total. The van der Waals surface area contributed by atoms with Gasteiger partial charge in [-0.2, -0.15) is 0 Å². The lowest BCUT2D eigenvalue weighted by atomic mass is 9.94. The van der Waals surface area contributed by atoms with Gasteiger partial charge in [0, 0.05) is 25.7 Å². The van der Waals surface area contributed by atoms with Gasteiger partial charge in [0.15, 0.2) is 0 Å². The summed E-state index contributed by atoms with van der Waals surface area (Å²) >= 11 is 0. The Morgan fingerprint density at radius 2 is 2.20 bits per heavy atom. The van der Waals surface area contributed by atoms with Crippen molar-refractivity contribution in [2.75, 3.05) is 33.8 Å². The molecule has 1 N–H and O–H groups in total. The van der Waals surface area contributed by atoms with E-state index in [1.807, 2.05) is 7.05 Å². The molecule has 1 saturated heterocycles. The molecule has 15 heavy (non-hydrogen) atoms. The van der Waals surface area contributed by atoms with Crippen LogP contribution in [0.3, 0.4) is 0 Å². The summed E-state index contributed by atoms with van der Waals surface area (Å²) in [7, 11) is 4.24. The van der Waals surface area contributed by atoms with Crippen molar-refractivity contribution in [3.05, 3.63) is 0 Å². The summed E-state index contributed by atoms with van der Waals surface area (Å²) < 4.78 is 5.78. The molecule has 2 atom stereocenters. The topological polar surface area (TPSA) is 24.5 Å². The summed E-state index contributed by atoms with van der Waals surface area (Å²) in [6, 6.07) is 0.708. The zero-order valence-corrected chi connectivity index (χ0v) is 10.6. The minimum Gasteiger partial charge on any atom is -0.378 e. The van der Waals surface area contributed by atoms with Gasteiger partial charge in [-0.3, -0.25) is 0 Å². The fourth-order valence-corrected chi connectivity index (χ4v) is 2.15. The second kappa shape index (κ2) is 6.46. The molecular formula is C12H26N2O. The molecule has 90 valence electrons. The van der Waals surface area contributed by atoms with E-state index in [1.165, 1.54) is 12.8 Å². The third-order valence-corrected chi connectivity index (χ3v) is 3.37. The number of likely N-dealkylation sites (N-methyl/N-ethyl adjacent to an activating group) is 2. The van der Waals surface area contributed by atoms with Gasteiger partial charge in [-0.05, 0) is 32.9 Å². The van der Waals surface area contributed by atoms with Crippen LogP contribution in [0.2, 0.25) is 0 Å². The third kappa shape index (κ3) is 4.09. The van der Waals surface area contributed by atoms with Crippen LogP contribution in [0.15, 0.2) is 0 Å². The van der Waals surface area contributed by atoms with Crippen LogP contribution >= 0.6 is 0 Å². The lowest BCUT2D eigenvalue weighted by Gasteiger charge is -2.37. The van der Waals surface area contributed by atoms with E-state index < -0.39 is 0 Å². The predicted molar refractivity (Wildman–Crippen MR) is 64.2 cm³/mol. The van der Waals surface area contributed by atoms with Crippen LogP contribution in [0, 0.1) is 5.92 Å². The van der Waals surface area contributed by atoms with E-state index in [2.05, 4.69) is 31.1 Å². The molecule has 0 radical (unpaired) electrons. The van der Waals surface area contributed by atoms with Crippen molar-refractivity contribution in [1.29, 1.82) is 0 Å². The first kappa shape index (κ1) is 12.9. The quantitative estimate of drug-likeness (QED) is 0.747. The van der Waals surface area contributed by atoms with Crippen LogP contribution in [0.4, 0.5) is 0 Å². The van der Waals surface area contributed by atoms with Crippen molar-refractivity contribution >= 4 is 0 Å². The normalized spacial score (nSPS) is 27.6. The van der Waals surface area contributed by atoms with E-state index in [9.17, 15) is 0 Å². The van der Waals surface area contributed by atoms with Crippen molar-refractivity contribution in [2.24, 2.45) is 5.92 Å². The van der Waals surface area contributed by atoms with Crippen molar-refractivity contribution in [3.63, 3.8) is 0 Å². The Balaban J connectivity index is 2.34. The molecule has 0 aliphatic carbocycles. The molecule has 0 aromatic heterocycles. The van der Waals surface area contributed by atoms with Gasteiger partial charge >= 0.3 is 0 Å². The Morgan fingerprint density at radius 1 is 1.47 bits per heavy atom. The molecule has 1 aliphatic heterocycles. The summed E-state index contributed by atoms with van der Waals surface area (Å²) in [5.41, 5.74) is 0. The zero-order chi connectivity index (χ0) is 11.3. The summed E-state index contributed by atoms with van der Waals surface area (Å²) in [6.45, 7) is 7.63. The highest BCUT2D eigenvalue weighted by Crippen LogP contribution is 2.22. The zero-order valence-electron chi connectivity index (χ0n) is 10.6. The Kier molecular flexibility index (Phi) is 5.58. The maximum atomic E-state index is 5.78. The molecule has 0 aromatic carbocycles. The maximum Gasteiger partial charge on any atom is 0.0612 e. The average molecular weight is 214 g/mol. The van der Waals surface area contributed by atoms with Crippen LogP contribution in [-0.2, 0) is 4.74 Å². The molecule has 1 aliphatic rings. The van der Waals surface area contributed by atoms with Gasteiger partial charge in [0.1, 0.15) is 0 Å². The Bertz CT molecular complexity index is 173. The molecule has 1 fully saturated rings. The van der Waals surface area contributed by atoms with Crippen molar-refractivity contribution in [3.8, 4) is 0 Å². The van der Waals surface area contributed by atoms with E-state index in [1.54, 1.807) is 0 Å². The summed E-state index contributed by atoms with van der Waals surface area (Å²) in [4.78, 5) is 2.47. The molecule has 2 unspecified atom stereocenters. The van der Waals surface area contributed by atoms with Gasteiger partial charge in [-0.15, -0.1) is 0 Å². The monoisotopic (exact) mass is 214 g/mol. The number of ether oxygens (including phenoxy) is 1. The van der Waals surface area contributed by atoms with Crippen LogP contribution < -0.4 is 5.32 Å². The molecule has 3 heteroatoms. The lowest BCUT2D eigenvalue weighted by molar-refractivity contribution is -0.0438. The fourth-order valence-electron chi connectivity index (χ4n) is 2.15. The SMILES string of the molecule is CNCCN(C)C1CCOC(C(C)C)C1. The van der Waals surface area contributed by atoms with Crippen LogP contribution in [0.25, 0.3) is 0 Å². The summed E-state index contributed by atoms with van der Waals surface area (Å²) in [5.74, 6) is 0.644. The first-order chi connectivity index (χ1) is 7.15. The minimum atomic E-state index is 0.459. The molecule has 1 rings (SSSR count). The number of nitrogens with zero attached hydrogens (tertiary/aromatic N) is 1. The molecule has 0 saturated carbocycles. The smallest absolute Gasteiger partial charge is 0.0612 e. The highest BCUT2D eigenvalue weighted by molar-refractivity contribution is 4.79. The first-order valence-corrected chi connectivity index (χ1v) is 6.11. The first-order valence-electron chi connectivity index (χ1n) is 6.11. The number of hydrogen-bond acceptors (Lipinski definition) is 3. The van der Waals surface area contributed by atoms with Crippen molar-refractivity contribution < 1.29 is 4.74 Å². The third-order valence-electron chi connectivity index (χ3n) is 3.37. The second-order valence-electron chi connectivity index (χ2n) is 4.92. The van der Waals surface area contributed by atoms with Crippen LogP contribution in [0.1, 0.15) is 26.7 Å². The van der Waals surface area contributed by atoms with Gasteiger partial charge in [-0.25, -0.2) is 0 Å². The predicted octanol–water partition coefficient (Wildman–Crippen LogP) is 1.34. The number of hydrogen-bond donors (Lipinski definition) is 1. The van der Waals surface area contributed by atoms with Crippen molar-refractivity contribution in [1.82, 2.24) is 10.2 Å². The maximum absolute atomic E-state index is 5.78. The van der Waals surface area contributed by atoms with E-state index in [4.69, 9.17) is 4.74 Å². The number of rotatable bonds is 5. The standard InChI is InChI=1S/C12H26N2O/c1-10(2)12-9-11(5-8-15-12)14(4)7-6-13-3/h10-13H,5-9H2,1-4H3. The summed E-state index contributed by atoms with van der Waals surface area (Å²) in [5, 5.41) is 3.20. The van der Waals surface area contributed by atoms with Crippen LogP contribution in [0.5, 0.6) is 0 Å². The molecular weight excluding hydrogens is 188 g/mol. The minimum absolute atomic E-state index is 0.459. The van der Waals surface area contributed by atoms with Gasteiger partial charge in [0.25, 0.3) is 0 Å². The van der Waals surface area contributed by atoms with Gasteiger partial charge < -0.3 is 15.0 Å². The van der Waals surface area contributed by atoms with E-state index >= 15 is 0 Å². The van der Waals surface area contributed by atoms with Gasteiger partial charge in [-0.1, -0.05) is 13.8 Å². The molecule has 0 spiro atoms. The summed E-state index contributed by atoms with van der Waals surface area (Å²) in [6.07, 6.45) is 2.84. The Hall–Kier alpha value is -0.120. The van der Waals surface area contributed by atoms with Gasteiger partial charge in [0.2, 0.25) is 0 Å². The number of nitrogens with one attached hydrogen (secondary N) is 1. The highest BCUT2D eigenvalue weighted by Gasteiger charge is 2.26. The second-order valence-corrected chi connectivity index (χ2v) is 4.92. The Labute approximate surface area is 94.2 Å².